The van der Waals surface area contributed by atoms with Crippen LogP contribution in [0.1, 0.15) is 5.56 Å². The fraction of sp³-hybridized carbons (Fsp3) is 0.0714. The first-order valence-corrected chi connectivity index (χ1v) is 6.64. The number of non-ortho nitro benzene ring substituents is 1. The number of amides is 1. The number of nitrogens with one attached hydrogen (secondary N) is 1. The normalized spacial score (nSPS) is 11.0. The topological polar surface area (TPSA) is 81.5 Å². The molecular weight excluding hydrogens is 353 g/mol. The highest BCUT2D eigenvalue weighted by atomic mass is 35.5. The molecule has 2 rings (SSSR count). The first-order chi connectivity index (χ1) is 11.2. The Morgan fingerprint density at radius 1 is 1.17 bits per heavy atom. The van der Waals surface area contributed by atoms with Gasteiger partial charge in [-0.05, 0) is 30.3 Å². The Bertz CT molecular complexity index is 779. The average Bonchev–Trinajstić information content (AvgIpc) is 2.46. The van der Waals surface area contributed by atoms with Crippen LogP contribution in [-0.4, -0.2) is 11.0 Å². The van der Waals surface area contributed by atoms with Gasteiger partial charge in [0, 0.05) is 17.8 Å². The third-order valence-electron chi connectivity index (χ3n) is 2.78. The van der Waals surface area contributed by atoms with E-state index in [-0.39, 0.29) is 17.1 Å². The van der Waals surface area contributed by atoms with Crippen molar-refractivity contribution in [3.8, 4) is 5.75 Å². The van der Waals surface area contributed by atoms with Crippen molar-refractivity contribution in [2.45, 2.75) is 6.18 Å². The van der Waals surface area contributed by atoms with Crippen LogP contribution in [0.25, 0.3) is 0 Å². The van der Waals surface area contributed by atoms with Crippen LogP contribution in [0.4, 0.5) is 29.3 Å². The summed E-state index contributed by atoms with van der Waals surface area (Å²) in [5.41, 5.74) is -1.21. The Kier molecular flexibility index (Phi) is 4.93. The zero-order valence-corrected chi connectivity index (χ0v) is 12.4. The third kappa shape index (κ3) is 4.35. The number of carbonyl (C=O) groups excluding carboxylic acids is 1. The number of hydrogen-bond donors (Lipinski definition) is 1. The van der Waals surface area contributed by atoms with Gasteiger partial charge in [0.15, 0.2) is 0 Å². The standard InChI is InChI=1S/C14H8ClF3N2O4/c15-12-7-8(1-6-11(12)14(16,17)18)19-13(21)24-10-4-2-9(3-5-10)20(22)23/h1-7H,(H,19,21). The van der Waals surface area contributed by atoms with E-state index in [1.807, 2.05) is 0 Å². The zero-order chi connectivity index (χ0) is 17.9. The lowest BCUT2D eigenvalue weighted by Gasteiger charge is -2.11. The van der Waals surface area contributed by atoms with Crippen LogP contribution < -0.4 is 10.1 Å². The van der Waals surface area contributed by atoms with E-state index >= 15 is 0 Å². The molecule has 0 aliphatic rings. The molecule has 0 aromatic heterocycles. The number of ether oxygens (including phenoxy) is 1. The highest BCUT2D eigenvalue weighted by Gasteiger charge is 2.33. The SMILES string of the molecule is O=C(Nc1ccc(C(F)(F)F)c(Cl)c1)Oc1ccc([N+](=O)[O-])cc1. The first kappa shape index (κ1) is 17.5. The zero-order valence-electron chi connectivity index (χ0n) is 11.6. The number of rotatable bonds is 3. The minimum absolute atomic E-state index is 0.0000818. The van der Waals surface area contributed by atoms with Gasteiger partial charge in [-0.2, -0.15) is 13.2 Å². The van der Waals surface area contributed by atoms with E-state index in [1.54, 1.807) is 0 Å². The number of nitrogens with zero attached hydrogens (tertiary/aromatic N) is 1. The summed E-state index contributed by atoms with van der Waals surface area (Å²) >= 11 is 5.53. The van der Waals surface area contributed by atoms with E-state index in [0.717, 1.165) is 30.3 Å². The van der Waals surface area contributed by atoms with Crippen molar-refractivity contribution in [1.82, 2.24) is 0 Å². The Balaban J connectivity index is 2.04. The Morgan fingerprint density at radius 3 is 2.29 bits per heavy atom. The van der Waals surface area contributed by atoms with Crippen molar-refractivity contribution in [2.75, 3.05) is 5.32 Å². The van der Waals surface area contributed by atoms with Crippen molar-refractivity contribution in [3.05, 3.63) is 63.2 Å². The summed E-state index contributed by atoms with van der Waals surface area (Å²) < 4.78 is 42.6. The molecule has 6 nitrogen and oxygen atoms in total. The second-order valence-electron chi connectivity index (χ2n) is 4.46. The van der Waals surface area contributed by atoms with Crippen LogP contribution in [0.3, 0.4) is 0 Å². The Morgan fingerprint density at radius 2 is 1.79 bits per heavy atom. The molecule has 10 heteroatoms. The maximum atomic E-state index is 12.6. The maximum absolute atomic E-state index is 12.6. The molecule has 0 aliphatic heterocycles. The number of anilines is 1. The summed E-state index contributed by atoms with van der Waals surface area (Å²) in [6.45, 7) is 0. The summed E-state index contributed by atoms with van der Waals surface area (Å²) in [6.07, 6.45) is -5.59. The van der Waals surface area contributed by atoms with E-state index < -0.39 is 27.8 Å². The second kappa shape index (κ2) is 6.75. The van der Waals surface area contributed by atoms with E-state index in [2.05, 4.69) is 5.32 Å². The van der Waals surface area contributed by atoms with E-state index in [4.69, 9.17) is 16.3 Å². The molecule has 0 bridgehead atoms. The monoisotopic (exact) mass is 360 g/mol. The van der Waals surface area contributed by atoms with Gasteiger partial charge in [-0.3, -0.25) is 15.4 Å². The summed E-state index contributed by atoms with van der Waals surface area (Å²) in [4.78, 5) is 21.5. The molecule has 0 unspecified atom stereocenters. The van der Waals surface area contributed by atoms with E-state index in [9.17, 15) is 28.1 Å². The van der Waals surface area contributed by atoms with Gasteiger partial charge in [-0.25, -0.2) is 4.79 Å². The van der Waals surface area contributed by atoms with Gasteiger partial charge in [-0.1, -0.05) is 11.6 Å². The highest BCUT2D eigenvalue weighted by molar-refractivity contribution is 6.31. The molecule has 0 saturated heterocycles. The Labute approximate surface area is 137 Å². The molecule has 2 aromatic carbocycles. The predicted octanol–water partition coefficient (Wildman–Crippen LogP) is 4.88. The molecular formula is C14H8ClF3N2O4. The minimum Gasteiger partial charge on any atom is -0.410 e. The van der Waals surface area contributed by atoms with Crippen LogP contribution in [-0.2, 0) is 6.18 Å². The van der Waals surface area contributed by atoms with Gasteiger partial charge in [0.2, 0.25) is 0 Å². The number of nitro groups is 1. The van der Waals surface area contributed by atoms with Crippen molar-refractivity contribution >= 4 is 29.1 Å². The summed E-state index contributed by atoms with van der Waals surface area (Å²) in [5.74, 6) is 0.0242. The molecule has 0 aliphatic carbocycles. The van der Waals surface area contributed by atoms with Gasteiger partial charge in [0.1, 0.15) is 5.75 Å². The highest BCUT2D eigenvalue weighted by Crippen LogP contribution is 2.35. The second-order valence-corrected chi connectivity index (χ2v) is 4.87. The van der Waals surface area contributed by atoms with Crippen LogP contribution in [0.2, 0.25) is 5.02 Å². The summed E-state index contributed by atoms with van der Waals surface area (Å²) in [7, 11) is 0. The molecule has 0 heterocycles. The maximum Gasteiger partial charge on any atom is 0.417 e. The van der Waals surface area contributed by atoms with Gasteiger partial charge < -0.3 is 4.74 Å². The van der Waals surface area contributed by atoms with Crippen LogP contribution in [0, 0.1) is 10.1 Å². The van der Waals surface area contributed by atoms with Gasteiger partial charge in [0.05, 0.1) is 15.5 Å². The van der Waals surface area contributed by atoms with Crippen molar-refractivity contribution in [3.63, 3.8) is 0 Å². The number of nitro benzene ring substituents is 1. The van der Waals surface area contributed by atoms with Crippen LogP contribution in [0.15, 0.2) is 42.5 Å². The summed E-state index contributed by atoms with van der Waals surface area (Å²) in [6, 6.07) is 7.36. The fourth-order valence-corrected chi connectivity index (χ4v) is 2.00. The van der Waals surface area contributed by atoms with Crippen LogP contribution >= 0.6 is 11.6 Å². The molecule has 0 atom stereocenters. The molecule has 1 amide bonds. The first-order valence-electron chi connectivity index (χ1n) is 6.27. The summed E-state index contributed by atoms with van der Waals surface area (Å²) in [5, 5.41) is 12.1. The number of carbonyl (C=O) groups is 1. The number of alkyl halides is 3. The number of hydrogen-bond acceptors (Lipinski definition) is 4. The van der Waals surface area contributed by atoms with Crippen LogP contribution in [0.5, 0.6) is 5.75 Å². The lowest BCUT2D eigenvalue weighted by Crippen LogP contribution is -2.17. The van der Waals surface area contributed by atoms with Crippen molar-refractivity contribution in [2.24, 2.45) is 0 Å². The Hall–Kier alpha value is -2.81. The largest absolute Gasteiger partial charge is 0.417 e. The molecule has 2 aromatic rings. The lowest BCUT2D eigenvalue weighted by atomic mass is 10.2. The molecule has 0 radical (unpaired) electrons. The molecule has 0 spiro atoms. The molecule has 1 N–H and O–H groups in total. The number of halogens is 4. The van der Waals surface area contributed by atoms with E-state index in [1.165, 1.54) is 12.1 Å². The van der Waals surface area contributed by atoms with E-state index in [0.29, 0.717) is 0 Å². The van der Waals surface area contributed by atoms with Crippen molar-refractivity contribution < 1.29 is 27.6 Å². The van der Waals surface area contributed by atoms with Gasteiger partial charge >= 0.3 is 12.3 Å². The smallest absolute Gasteiger partial charge is 0.410 e. The quantitative estimate of drug-likeness (QED) is 0.625. The predicted molar refractivity (Wildman–Crippen MR) is 79.2 cm³/mol. The molecule has 0 saturated carbocycles. The lowest BCUT2D eigenvalue weighted by molar-refractivity contribution is -0.384. The average molecular weight is 361 g/mol. The number of benzene rings is 2. The van der Waals surface area contributed by atoms with Gasteiger partial charge in [0.25, 0.3) is 5.69 Å². The third-order valence-corrected chi connectivity index (χ3v) is 3.09. The fourth-order valence-electron chi connectivity index (χ4n) is 1.71. The molecule has 24 heavy (non-hydrogen) atoms. The van der Waals surface area contributed by atoms with Gasteiger partial charge in [-0.15, -0.1) is 0 Å². The van der Waals surface area contributed by atoms with Crippen molar-refractivity contribution in [1.29, 1.82) is 0 Å². The molecule has 126 valence electrons. The minimum atomic E-state index is -4.60. The molecule has 0 fully saturated rings.